The second kappa shape index (κ2) is 8.48. The van der Waals surface area contributed by atoms with E-state index in [1.54, 1.807) is 30.5 Å². The fourth-order valence-corrected chi connectivity index (χ4v) is 2.79. The fraction of sp³-hybridized carbons (Fsp3) is 0.375. The van der Waals surface area contributed by atoms with E-state index in [2.05, 4.69) is 27.5 Å². The zero-order valence-corrected chi connectivity index (χ0v) is 13.7. The summed E-state index contributed by atoms with van der Waals surface area (Å²) < 4.78 is 12.8. The Bertz CT molecular complexity index is 607. The van der Waals surface area contributed by atoms with Gasteiger partial charge in [-0.05, 0) is 31.0 Å². The van der Waals surface area contributed by atoms with Gasteiger partial charge in [-0.25, -0.2) is 9.37 Å². The largest absolute Gasteiger partial charge is 0.356 e. The number of halogens is 1. The first-order chi connectivity index (χ1) is 10.7. The van der Waals surface area contributed by atoms with E-state index in [9.17, 15) is 4.39 Å². The third-order valence-electron chi connectivity index (χ3n) is 3.14. The van der Waals surface area contributed by atoms with Gasteiger partial charge in [0.05, 0.1) is 5.01 Å². The van der Waals surface area contributed by atoms with Crippen molar-refractivity contribution in [3.05, 3.63) is 51.7 Å². The summed E-state index contributed by atoms with van der Waals surface area (Å²) in [5.41, 5.74) is 1.10. The highest BCUT2D eigenvalue weighted by Gasteiger charge is 2.01. The number of thiazole rings is 1. The molecule has 0 saturated heterocycles. The van der Waals surface area contributed by atoms with Crippen LogP contribution in [-0.2, 0) is 12.8 Å². The van der Waals surface area contributed by atoms with Gasteiger partial charge >= 0.3 is 0 Å². The summed E-state index contributed by atoms with van der Waals surface area (Å²) in [4.78, 5) is 9.76. The highest BCUT2D eigenvalue weighted by Crippen LogP contribution is 2.10. The van der Waals surface area contributed by atoms with Crippen LogP contribution in [0.25, 0.3) is 0 Å². The zero-order chi connectivity index (χ0) is 15.8. The Balaban J connectivity index is 1.67. The monoisotopic (exact) mass is 320 g/mol. The maximum Gasteiger partial charge on any atom is 0.191 e. The fourth-order valence-electron chi connectivity index (χ4n) is 2.00. The third kappa shape index (κ3) is 5.44. The summed E-state index contributed by atoms with van der Waals surface area (Å²) in [6.45, 7) is 3.61. The molecule has 0 saturated carbocycles. The number of hydrogen-bond acceptors (Lipinski definition) is 3. The maximum absolute atomic E-state index is 12.8. The molecule has 0 amide bonds. The Morgan fingerprint density at radius 2 is 1.86 bits per heavy atom. The van der Waals surface area contributed by atoms with Gasteiger partial charge in [0.1, 0.15) is 5.82 Å². The van der Waals surface area contributed by atoms with Crippen LogP contribution in [0.1, 0.15) is 15.4 Å². The van der Waals surface area contributed by atoms with Gasteiger partial charge in [0.2, 0.25) is 0 Å². The molecule has 4 nitrogen and oxygen atoms in total. The Morgan fingerprint density at radius 1 is 1.18 bits per heavy atom. The molecule has 0 radical (unpaired) electrons. The van der Waals surface area contributed by atoms with Crippen molar-refractivity contribution < 1.29 is 4.39 Å². The van der Waals surface area contributed by atoms with Gasteiger partial charge in [0.15, 0.2) is 5.96 Å². The van der Waals surface area contributed by atoms with E-state index < -0.39 is 0 Å². The van der Waals surface area contributed by atoms with Crippen molar-refractivity contribution in [2.45, 2.75) is 19.8 Å². The first kappa shape index (κ1) is 16.4. The van der Waals surface area contributed by atoms with Crippen LogP contribution < -0.4 is 10.6 Å². The van der Waals surface area contributed by atoms with Crippen molar-refractivity contribution in [3.8, 4) is 0 Å². The van der Waals surface area contributed by atoms with E-state index in [0.717, 1.165) is 42.5 Å². The number of rotatable bonds is 6. The lowest BCUT2D eigenvalue weighted by molar-refractivity contribution is 0.626. The molecular weight excluding hydrogens is 299 g/mol. The molecular formula is C16H21FN4S. The average Bonchev–Trinajstić information content (AvgIpc) is 2.93. The van der Waals surface area contributed by atoms with Gasteiger partial charge in [-0.1, -0.05) is 12.1 Å². The van der Waals surface area contributed by atoms with Crippen LogP contribution in [0.5, 0.6) is 0 Å². The van der Waals surface area contributed by atoms with Crippen molar-refractivity contribution in [2.24, 2.45) is 4.99 Å². The first-order valence-electron chi connectivity index (χ1n) is 7.27. The SMILES string of the molecule is CN=C(NCCc1ccc(F)cc1)NCCc1ncc(C)s1. The summed E-state index contributed by atoms with van der Waals surface area (Å²) >= 11 is 1.72. The van der Waals surface area contributed by atoms with Gasteiger partial charge < -0.3 is 10.6 Å². The van der Waals surface area contributed by atoms with Crippen molar-refractivity contribution >= 4 is 17.3 Å². The molecule has 22 heavy (non-hydrogen) atoms. The number of aryl methyl sites for hydroxylation is 1. The lowest BCUT2D eigenvalue weighted by Gasteiger charge is -2.11. The Morgan fingerprint density at radius 3 is 2.45 bits per heavy atom. The highest BCUT2D eigenvalue weighted by atomic mass is 32.1. The summed E-state index contributed by atoms with van der Waals surface area (Å²) in [6.07, 6.45) is 3.61. The number of nitrogens with one attached hydrogen (secondary N) is 2. The van der Waals surface area contributed by atoms with Crippen LogP contribution in [0.15, 0.2) is 35.5 Å². The molecule has 0 aliphatic carbocycles. The normalized spacial score (nSPS) is 11.5. The lowest BCUT2D eigenvalue weighted by Crippen LogP contribution is -2.39. The molecule has 2 N–H and O–H groups in total. The standard InChI is InChI=1S/C16H21FN4S/c1-12-11-21-15(22-12)8-10-20-16(18-2)19-9-7-13-3-5-14(17)6-4-13/h3-6,11H,7-10H2,1-2H3,(H2,18,19,20). The van der Waals surface area contributed by atoms with Gasteiger partial charge in [-0.2, -0.15) is 0 Å². The summed E-state index contributed by atoms with van der Waals surface area (Å²) in [5.74, 6) is 0.571. The third-order valence-corrected chi connectivity index (χ3v) is 4.12. The minimum absolute atomic E-state index is 0.202. The Labute approximate surface area is 134 Å². The summed E-state index contributed by atoms with van der Waals surface area (Å²) in [6, 6.07) is 6.58. The van der Waals surface area contributed by atoms with E-state index in [0.29, 0.717) is 0 Å². The minimum atomic E-state index is -0.202. The van der Waals surface area contributed by atoms with Crippen LogP contribution in [0, 0.1) is 12.7 Å². The van der Waals surface area contributed by atoms with E-state index in [-0.39, 0.29) is 5.82 Å². The number of aliphatic imine (C=N–C) groups is 1. The van der Waals surface area contributed by atoms with E-state index in [1.807, 2.05) is 6.20 Å². The molecule has 0 atom stereocenters. The van der Waals surface area contributed by atoms with Crippen LogP contribution in [-0.4, -0.2) is 31.1 Å². The van der Waals surface area contributed by atoms with E-state index in [4.69, 9.17) is 0 Å². The predicted octanol–water partition coefficient (Wildman–Crippen LogP) is 2.54. The molecule has 2 aromatic rings. The van der Waals surface area contributed by atoms with Crippen LogP contribution in [0.3, 0.4) is 0 Å². The maximum atomic E-state index is 12.8. The van der Waals surface area contributed by atoms with Crippen LogP contribution in [0.2, 0.25) is 0 Å². The van der Waals surface area contributed by atoms with Gasteiger partial charge in [-0.3, -0.25) is 4.99 Å². The molecule has 0 aliphatic heterocycles. The highest BCUT2D eigenvalue weighted by molar-refractivity contribution is 7.11. The molecule has 2 rings (SSSR count). The van der Waals surface area contributed by atoms with E-state index in [1.165, 1.54) is 17.0 Å². The van der Waals surface area contributed by atoms with E-state index >= 15 is 0 Å². The zero-order valence-electron chi connectivity index (χ0n) is 12.9. The van der Waals surface area contributed by atoms with Crippen LogP contribution in [0.4, 0.5) is 4.39 Å². The molecule has 0 spiro atoms. The molecule has 0 bridgehead atoms. The second-order valence-electron chi connectivity index (χ2n) is 4.92. The van der Waals surface area contributed by atoms with Gasteiger partial charge in [0.25, 0.3) is 0 Å². The minimum Gasteiger partial charge on any atom is -0.356 e. The first-order valence-corrected chi connectivity index (χ1v) is 8.09. The quantitative estimate of drug-likeness (QED) is 0.635. The number of guanidine groups is 1. The van der Waals surface area contributed by atoms with Crippen molar-refractivity contribution in [1.29, 1.82) is 0 Å². The van der Waals surface area contributed by atoms with Gasteiger partial charge in [-0.15, -0.1) is 11.3 Å². The number of aromatic nitrogens is 1. The Kier molecular flexibility index (Phi) is 6.33. The second-order valence-corrected chi connectivity index (χ2v) is 6.24. The van der Waals surface area contributed by atoms with Gasteiger partial charge in [0, 0.05) is 37.6 Å². The molecule has 118 valence electrons. The summed E-state index contributed by atoms with van der Waals surface area (Å²) in [7, 11) is 1.75. The molecule has 1 aromatic carbocycles. The predicted molar refractivity (Wildman–Crippen MR) is 90.0 cm³/mol. The molecule has 0 fully saturated rings. The topological polar surface area (TPSA) is 49.3 Å². The Hall–Kier alpha value is -1.95. The number of hydrogen-bond donors (Lipinski definition) is 2. The smallest absolute Gasteiger partial charge is 0.191 e. The molecule has 6 heteroatoms. The van der Waals surface area contributed by atoms with Crippen molar-refractivity contribution in [1.82, 2.24) is 15.6 Å². The molecule has 0 unspecified atom stereocenters. The van der Waals surface area contributed by atoms with Crippen molar-refractivity contribution in [2.75, 3.05) is 20.1 Å². The molecule has 1 heterocycles. The molecule has 0 aliphatic rings. The number of nitrogens with zero attached hydrogens (tertiary/aromatic N) is 2. The van der Waals surface area contributed by atoms with Crippen LogP contribution >= 0.6 is 11.3 Å². The summed E-state index contributed by atoms with van der Waals surface area (Å²) in [5, 5.41) is 7.65. The average molecular weight is 320 g/mol. The number of benzene rings is 1. The molecule has 1 aromatic heterocycles. The lowest BCUT2D eigenvalue weighted by atomic mass is 10.1. The van der Waals surface area contributed by atoms with Crippen molar-refractivity contribution in [3.63, 3.8) is 0 Å².